The zero-order valence-corrected chi connectivity index (χ0v) is 11.8. The van der Waals surface area contributed by atoms with Crippen LogP contribution in [0.3, 0.4) is 0 Å². The number of nitrogens with zero attached hydrogens (tertiary/aromatic N) is 1. The minimum absolute atomic E-state index is 0.0374. The lowest BCUT2D eigenvalue weighted by molar-refractivity contribution is -0.133. The number of benzene rings is 1. The fourth-order valence-corrected chi connectivity index (χ4v) is 1.90. The highest BCUT2D eigenvalue weighted by Crippen LogP contribution is 2.10. The summed E-state index contributed by atoms with van der Waals surface area (Å²) in [5.41, 5.74) is 7.29. The van der Waals surface area contributed by atoms with Crippen molar-refractivity contribution in [3.05, 3.63) is 35.4 Å². The lowest BCUT2D eigenvalue weighted by Gasteiger charge is -2.15. The maximum atomic E-state index is 11.8. The van der Waals surface area contributed by atoms with Gasteiger partial charge in [0, 0.05) is 7.05 Å². The van der Waals surface area contributed by atoms with Crippen molar-refractivity contribution in [1.82, 2.24) is 4.90 Å². The molecule has 0 saturated carbocycles. The molecule has 0 spiro atoms. The van der Waals surface area contributed by atoms with E-state index in [9.17, 15) is 9.59 Å². The Bertz CT molecular complexity index is 438. The largest absolute Gasteiger partial charge is 0.368 e. The summed E-state index contributed by atoms with van der Waals surface area (Å²) in [6.07, 6.45) is 1.33. The van der Waals surface area contributed by atoms with E-state index < -0.39 is 5.91 Å². The van der Waals surface area contributed by atoms with E-state index in [1.165, 1.54) is 10.5 Å². The highest BCUT2D eigenvalue weighted by molar-refractivity contribution is 5.84. The highest BCUT2D eigenvalue weighted by atomic mass is 16.2. The van der Waals surface area contributed by atoms with Crippen LogP contribution in [0.5, 0.6) is 0 Å². The quantitative estimate of drug-likeness (QED) is 0.841. The Morgan fingerprint density at radius 3 is 2.16 bits per heavy atom. The van der Waals surface area contributed by atoms with Gasteiger partial charge in [0.15, 0.2) is 0 Å². The molecule has 0 aliphatic carbocycles. The highest BCUT2D eigenvalue weighted by Gasteiger charge is 2.11. The third-order valence-electron chi connectivity index (χ3n) is 2.84. The van der Waals surface area contributed by atoms with Crippen molar-refractivity contribution in [2.75, 3.05) is 13.6 Å². The van der Waals surface area contributed by atoms with Crippen LogP contribution in [0.15, 0.2) is 24.3 Å². The molecule has 0 unspecified atom stereocenters. The number of amides is 2. The molecular formula is C15H22N2O2. The molecule has 0 radical (unpaired) electrons. The lowest BCUT2D eigenvalue weighted by Crippen LogP contribution is -2.36. The summed E-state index contributed by atoms with van der Waals surface area (Å²) in [6.45, 7) is 4.32. The van der Waals surface area contributed by atoms with E-state index in [-0.39, 0.29) is 12.5 Å². The van der Waals surface area contributed by atoms with Crippen LogP contribution < -0.4 is 5.73 Å². The van der Waals surface area contributed by atoms with Crippen molar-refractivity contribution in [1.29, 1.82) is 0 Å². The predicted molar refractivity (Wildman–Crippen MR) is 75.5 cm³/mol. The Kier molecular flexibility index (Phi) is 5.55. The van der Waals surface area contributed by atoms with Gasteiger partial charge in [-0.3, -0.25) is 9.59 Å². The number of carbonyl (C=O) groups is 2. The lowest BCUT2D eigenvalue weighted by atomic mass is 10.0. The SMILES string of the molecule is CC(C)Cc1ccc(CC(=O)N(C)CC(N)=O)cc1. The summed E-state index contributed by atoms with van der Waals surface area (Å²) in [6, 6.07) is 8.04. The first-order valence-electron chi connectivity index (χ1n) is 6.48. The van der Waals surface area contributed by atoms with E-state index >= 15 is 0 Å². The van der Waals surface area contributed by atoms with E-state index in [0.717, 1.165) is 12.0 Å². The van der Waals surface area contributed by atoms with Crippen molar-refractivity contribution in [3.63, 3.8) is 0 Å². The molecule has 104 valence electrons. The number of hydrogen-bond donors (Lipinski definition) is 1. The van der Waals surface area contributed by atoms with Gasteiger partial charge in [-0.15, -0.1) is 0 Å². The third kappa shape index (κ3) is 5.55. The van der Waals surface area contributed by atoms with Crippen LogP contribution in [-0.2, 0) is 22.4 Å². The van der Waals surface area contributed by atoms with Crippen LogP contribution >= 0.6 is 0 Å². The second-order valence-corrected chi connectivity index (χ2v) is 5.31. The molecule has 0 aromatic heterocycles. The van der Waals surface area contributed by atoms with Gasteiger partial charge in [0.2, 0.25) is 11.8 Å². The van der Waals surface area contributed by atoms with Gasteiger partial charge in [0.05, 0.1) is 13.0 Å². The molecule has 0 saturated heterocycles. The Labute approximate surface area is 114 Å². The number of rotatable bonds is 6. The Morgan fingerprint density at radius 2 is 1.68 bits per heavy atom. The van der Waals surface area contributed by atoms with Crippen LogP contribution in [0, 0.1) is 5.92 Å². The number of hydrogen-bond acceptors (Lipinski definition) is 2. The van der Waals surface area contributed by atoms with Gasteiger partial charge < -0.3 is 10.6 Å². The first kappa shape index (κ1) is 15.2. The van der Waals surface area contributed by atoms with E-state index in [1.54, 1.807) is 7.05 Å². The van der Waals surface area contributed by atoms with Crippen molar-refractivity contribution in [2.24, 2.45) is 11.7 Å². The number of primary amides is 1. The minimum Gasteiger partial charge on any atom is -0.368 e. The predicted octanol–water partition coefficient (Wildman–Crippen LogP) is 1.37. The van der Waals surface area contributed by atoms with E-state index in [4.69, 9.17) is 5.73 Å². The maximum Gasteiger partial charge on any atom is 0.237 e. The second-order valence-electron chi connectivity index (χ2n) is 5.31. The van der Waals surface area contributed by atoms with Gasteiger partial charge in [-0.1, -0.05) is 38.1 Å². The van der Waals surface area contributed by atoms with Crippen LogP contribution in [0.4, 0.5) is 0 Å². The summed E-state index contributed by atoms with van der Waals surface area (Å²) in [5.74, 6) is 0.0210. The first-order chi connectivity index (χ1) is 8.88. The number of carbonyl (C=O) groups excluding carboxylic acids is 2. The maximum absolute atomic E-state index is 11.8. The second kappa shape index (κ2) is 6.92. The summed E-state index contributed by atoms with van der Waals surface area (Å²) in [5, 5.41) is 0. The minimum atomic E-state index is -0.497. The monoisotopic (exact) mass is 262 g/mol. The topological polar surface area (TPSA) is 63.4 Å². The summed E-state index contributed by atoms with van der Waals surface area (Å²) < 4.78 is 0. The van der Waals surface area contributed by atoms with Crippen LogP contribution in [0.25, 0.3) is 0 Å². The third-order valence-corrected chi connectivity index (χ3v) is 2.84. The molecule has 1 aromatic rings. The fraction of sp³-hybridized carbons (Fsp3) is 0.467. The molecule has 0 heterocycles. The molecule has 1 rings (SSSR count). The number of nitrogens with two attached hydrogens (primary N) is 1. The van der Waals surface area contributed by atoms with Crippen molar-refractivity contribution in [2.45, 2.75) is 26.7 Å². The average molecular weight is 262 g/mol. The molecule has 0 fully saturated rings. The summed E-state index contributed by atoms with van der Waals surface area (Å²) >= 11 is 0. The van der Waals surface area contributed by atoms with Crippen molar-refractivity contribution < 1.29 is 9.59 Å². The van der Waals surface area contributed by atoms with Crippen LogP contribution in [0.1, 0.15) is 25.0 Å². The normalized spacial score (nSPS) is 10.5. The van der Waals surface area contributed by atoms with Gasteiger partial charge in [0.25, 0.3) is 0 Å². The van der Waals surface area contributed by atoms with Crippen molar-refractivity contribution >= 4 is 11.8 Å². The van der Waals surface area contributed by atoms with Gasteiger partial charge >= 0.3 is 0 Å². The Morgan fingerprint density at radius 1 is 1.16 bits per heavy atom. The fourth-order valence-electron chi connectivity index (χ4n) is 1.90. The zero-order valence-electron chi connectivity index (χ0n) is 11.8. The van der Waals surface area contributed by atoms with Gasteiger partial charge in [0.1, 0.15) is 0 Å². The molecule has 0 bridgehead atoms. The van der Waals surface area contributed by atoms with Crippen LogP contribution in [-0.4, -0.2) is 30.3 Å². The molecule has 19 heavy (non-hydrogen) atoms. The standard InChI is InChI=1S/C15H22N2O2/c1-11(2)8-12-4-6-13(7-5-12)9-15(19)17(3)10-14(16)18/h4-7,11H,8-10H2,1-3H3,(H2,16,18). The first-order valence-corrected chi connectivity index (χ1v) is 6.48. The number of likely N-dealkylation sites (N-methyl/N-ethyl adjacent to an activating group) is 1. The summed E-state index contributed by atoms with van der Waals surface area (Å²) in [4.78, 5) is 23.9. The molecule has 4 nitrogen and oxygen atoms in total. The van der Waals surface area contributed by atoms with Gasteiger partial charge in [-0.2, -0.15) is 0 Å². The molecule has 0 aliphatic heterocycles. The molecule has 0 atom stereocenters. The van der Waals surface area contributed by atoms with E-state index in [2.05, 4.69) is 26.0 Å². The smallest absolute Gasteiger partial charge is 0.237 e. The zero-order chi connectivity index (χ0) is 14.4. The molecule has 1 aromatic carbocycles. The summed E-state index contributed by atoms with van der Waals surface area (Å²) in [7, 11) is 1.58. The molecule has 2 amide bonds. The van der Waals surface area contributed by atoms with Crippen molar-refractivity contribution in [3.8, 4) is 0 Å². The molecular weight excluding hydrogens is 240 g/mol. The Balaban J connectivity index is 2.57. The van der Waals surface area contributed by atoms with Gasteiger partial charge in [-0.05, 0) is 23.5 Å². The molecule has 0 aliphatic rings. The van der Waals surface area contributed by atoms with E-state index in [0.29, 0.717) is 12.3 Å². The molecule has 2 N–H and O–H groups in total. The van der Waals surface area contributed by atoms with E-state index in [1.807, 2.05) is 12.1 Å². The Hall–Kier alpha value is -1.84. The van der Waals surface area contributed by atoms with Crippen LogP contribution in [0.2, 0.25) is 0 Å². The molecule has 4 heteroatoms. The van der Waals surface area contributed by atoms with Gasteiger partial charge in [-0.25, -0.2) is 0 Å². The average Bonchev–Trinajstić information content (AvgIpc) is 2.30.